The van der Waals surface area contributed by atoms with Gasteiger partial charge in [0.05, 0.1) is 11.3 Å². The molecule has 94 valence electrons. The van der Waals surface area contributed by atoms with Gasteiger partial charge in [-0.25, -0.2) is 4.39 Å². The summed E-state index contributed by atoms with van der Waals surface area (Å²) in [7, 11) is 3.93. The van der Waals surface area contributed by atoms with Crippen LogP contribution in [0.1, 0.15) is 16.8 Å². The van der Waals surface area contributed by atoms with E-state index in [2.05, 4.69) is 5.32 Å². The molecule has 4 nitrogen and oxygen atoms in total. The fourth-order valence-corrected chi connectivity index (χ4v) is 1.43. The van der Waals surface area contributed by atoms with Gasteiger partial charge in [0, 0.05) is 6.54 Å². The molecule has 0 bridgehead atoms. The fraction of sp³-hybridized carbons (Fsp3) is 0.417. The highest BCUT2D eigenvalue weighted by Crippen LogP contribution is 2.15. The van der Waals surface area contributed by atoms with Gasteiger partial charge in [0.2, 0.25) is 0 Å². The highest BCUT2D eigenvalue weighted by molar-refractivity contribution is 5.99. The summed E-state index contributed by atoms with van der Waals surface area (Å²) in [5, 5.41) is 2.71. The van der Waals surface area contributed by atoms with Crippen molar-refractivity contribution >= 4 is 11.6 Å². The first-order valence-corrected chi connectivity index (χ1v) is 5.49. The average molecular weight is 239 g/mol. The number of carbonyl (C=O) groups excluding carboxylic acids is 1. The monoisotopic (exact) mass is 239 g/mol. The molecule has 1 amide bonds. The minimum Gasteiger partial charge on any atom is -0.396 e. The Morgan fingerprint density at radius 2 is 2.18 bits per heavy atom. The van der Waals surface area contributed by atoms with Crippen molar-refractivity contribution in [3.63, 3.8) is 0 Å². The van der Waals surface area contributed by atoms with Crippen LogP contribution in [0.5, 0.6) is 0 Å². The fourth-order valence-electron chi connectivity index (χ4n) is 1.43. The second-order valence-electron chi connectivity index (χ2n) is 4.11. The number of nitrogens with one attached hydrogen (secondary N) is 1. The molecule has 5 heteroatoms. The number of anilines is 1. The first-order valence-electron chi connectivity index (χ1n) is 5.49. The van der Waals surface area contributed by atoms with Gasteiger partial charge in [0.15, 0.2) is 0 Å². The minimum absolute atomic E-state index is 0.0994. The Labute approximate surface area is 101 Å². The zero-order chi connectivity index (χ0) is 12.8. The lowest BCUT2D eigenvalue weighted by Gasteiger charge is -2.10. The van der Waals surface area contributed by atoms with Gasteiger partial charge in [-0.15, -0.1) is 0 Å². The molecule has 0 saturated heterocycles. The number of para-hydroxylation sites is 1. The third-order valence-corrected chi connectivity index (χ3v) is 2.37. The zero-order valence-corrected chi connectivity index (χ0v) is 10.2. The second-order valence-corrected chi connectivity index (χ2v) is 4.11. The maximum absolute atomic E-state index is 13.1. The molecule has 0 spiro atoms. The van der Waals surface area contributed by atoms with Crippen LogP contribution in [0.3, 0.4) is 0 Å². The molecule has 0 aliphatic carbocycles. The third kappa shape index (κ3) is 4.03. The average Bonchev–Trinajstić information content (AvgIpc) is 2.27. The first kappa shape index (κ1) is 13.4. The number of nitrogens with two attached hydrogens (primary N) is 1. The molecule has 0 atom stereocenters. The summed E-state index contributed by atoms with van der Waals surface area (Å²) in [5.41, 5.74) is 5.58. The molecule has 0 radical (unpaired) electrons. The van der Waals surface area contributed by atoms with E-state index in [0.29, 0.717) is 6.54 Å². The number of nitrogens with zero attached hydrogens (tertiary/aromatic N) is 1. The number of halogens is 1. The van der Waals surface area contributed by atoms with Gasteiger partial charge in [-0.3, -0.25) is 4.79 Å². The number of hydrogen-bond acceptors (Lipinski definition) is 3. The van der Waals surface area contributed by atoms with Gasteiger partial charge >= 0.3 is 0 Å². The van der Waals surface area contributed by atoms with Crippen LogP contribution in [0.4, 0.5) is 10.1 Å². The van der Waals surface area contributed by atoms with Crippen LogP contribution in [0.25, 0.3) is 0 Å². The zero-order valence-electron chi connectivity index (χ0n) is 10.2. The normalized spacial score (nSPS) is 10.6. The van der Waals surface area contributed by atoms with Gasteiger partial charge in [0.1, 0.15) is 5.82 Å². The van der Waals surface area contributed by atoms with Crippen molar-refractivity contribution in [2.75, 3.05) is 32.9 Å². The van der Waals surface area contributed by atoms with Gasteiger partial charge in [-0.05, 0) is 39.2 Å². The molecule has 17 heavy (non-hydrogen) atoms. The minimum atomic E-state index is -0.564. The van der Waals surface area contributed by atoms with E-state index in [1.54, 1.807) is 0 Å². The topological polar surface area (TPSA) is 58.4 Å². The van der Waals surface area contributed by atoms with Crippen molar-refractivity contribution in [2.45, 2.75) is 6.42 Å². The van der Waals surface area contributed by atoms with E-state index >= 15 is 0 Å². The third-order valence-electron chi connectivity index (χ3n) is 2.37. The number of hydrogen-bond donors (Lipinski definition) is 2. The van der Waals surface area contributed by atoms with Gasteiger partial charge in [0.25, 0.3) is 5.91 Å². The second kappa shape index (κ2) is 6.20. The molecule has 1 aromatic carbocycles. The van der Waals surface area contributed by atoms with Crippen LogP contribution in [-0.4, -0.2) is 38.0 Å². The quantitative estimate of drug-likeness (QED) is 0.597. The summed E-state index contributed by atoms with van der Waals surface area (Å²) in [4.78, 5) is 13.7. The Kier molecular flexibility index (Phi) is 4.90. The van der Waals surface area contributed by atoms with Gasteiger partial charge < -0.3 is 16.0 Å². The molecule has 0 saturated carbocycles. The lowest BCUT2D eigenvalue weighted by molar-refractivity contribution is 0.0953. The Hall–Kier alpha value is -1.62. The molecule has 1 aromatic rings. The highest BCUT2D eigenvalue weighted by atomic mass is 19.1. The first-order chi connectivity index (χ1) is 8.02. The van der Waals surface area contributed by atoms with E-state index < -0.39 is 5.82 Å². The van der Waals surface area contributed by atoms with E-state index in [4.69, 9.17) is 5.73 Å². The van der Waals surface area contributed by atoms with Crippen LogP contribution in [0.2, 0.25) is 0 Å². The summed E-state index contributed by atoms with van der Waals surface area (Å²) in [6.07, 6.45) is 0.841. The molecular weight excluding hydrogens is 221 g/mol. The lowest BCUT2D eigenvalue weighted by Crippen LogP contribution is -2.27. The smallest absolute Gasteiger partial charge is 0.253 e. The molecular formula is C12H18FN3O. The lowest BCUT2D eigenvalue weighted by atomic mass is 10.1. The summed E-state index contributed by atoms with van der Waals surface area (Å²) in [5.74, 6) is -0.897. The molecule has 0 aliphatic rings. The van der Waals surface area contributed by atoms with Crippen molar-refractivity contribution < 1.29 is 9.18 Å². The van der Waals surface area contributed by atoms with Crippen LogP contribution in [0.15, 0.2) is 18.2 Å². The summed E-state index contributed by atoms with van der Waals surface area (Å²) in [6, 6.07) is 4.22. The summed E-state index contributed by atoms with van der Waals surface area (Å²) >= 11 is 0. The van der Waals surface area contributed by atoms with Crippen LogP contribution >= 0.6 is 0 Å². The molecule has 0 unspecified atom stereocenters. The van der Waals surface area contributed by atoms with Crippen LogP contribution in [0, 0.1) is 5.82 Å². The molecule has 0 aromatic heterocycles. The Balaban J connectivity index is 2.50. The Morgan fingerprint density at radius 1 is 1.47 bits per heavy atom. The number of rotatable bonds is 5. The summed E-state index contributed by atoms with van der Waals surface area (Å²) < 4.78 is 13.1. The maximum atomic E-state index is 13.1. The van der Waals surface area contributed by atoms with Crippen LogP contribution in [-0.2, 0) is 0 Å². The number of carbonyl (C=O) groups is 1. The van der Waals surface area contributed by atoms with Crippen molar-refractivity contribution in [3.05, 3.63) is 29.6 Å². The maximum Gasteiger partial charge on any atom is 0.253 e. The van der Waals surface area contributed by atoms with Gasteiger partial charge in [-0.2, -0.15) is 0 Å². The van der Waals surface area contributed by atoms with Crippen molar-refractivity contribution in [2.24, 2.45) is 0 Å². The predicted molar refractivity (Wildman–Crippen MR) is 66.3 cm³/mol. The number of nitrogen functional groups attached to an aromatic ring is 1. The highest BCUT2D eigenvalue weighted by Gasteiger charge is 2.11. The van der Waals surface area contributed by atoms with Crippen molar-refractivity contribution in [1.82, 2.24) is 10.2 Å². The standard InChI is InChI=1S/C12H18FN3O/c1-16(2)8-4-7-15-12(17)9-5-3-6-10(13)11(9)14/h3,5-6H,4,7-8,14H2,1-2H3,(H,15,17). The van der Waals surface area contributed by atoms with E-state index in [9.17, 15) is 9.18 Å². The molecule has 0 aliphatic heterocycles. The van der Waals surface area contributed by atoms with Crippen molar-refractivity contribution in [3.8, 4) is 0 Å². The molecule has 3 N–H and O–H groups in total. The largest absolute Gasteiger partial charge is 0.396 e. The van der Waals surface area contributed by atoms with Gasteiger partial charge in [-0.1, -0.05) is 6.07 Å². The number of benzene rings is 1. The van der Waals surface area contributed by atoms with E-state index in [1.165, 1.54) is 18.2 Å². The molecule has 0 fully saturated rings. The van der Waals surface area contributed by atoms with E-state index in [0.717, 1.165) is 13.0 Å². The van der Waals surface area contributed by atoms with E-state index in [-0.39, 0.29) is 17.2 Å². The molecule has 0 heterocycles. The van der Waals surface area contributed by atoms with Crippen LogP contribution < -0.4 is 11.1 Å². The summed E-state index contributed by atoms with van der Waals surface area (Å²) in [6.45, 7) is 1.44. The van der Waals surface area contributed by atoms with E-state index in [1.807, 2.05) is 19.0 Å². The predicted octanol–water partition coefficient (Wildman–Crippen LogP) is 1.09. The Morgan fingerprint density at radius 3 is 2.82 bits per heavy atom. The number of amides is 1. The van der Waals surface area contributed by atoms with Crippen molar-refractivity contribution in [1.29, 1.82) is 0 Å². The molecule has 1 rings (SSSR count). The Bertz CT molecular complexity index is 393. The SMILES string of the molecule is CN(C)CCCNC(=O)c1cccc(F)c1N.